The van der Waals surface area contributed by atoms with Crippen LogP contribution in [0.1, 0.15) is 43.6 Å². The summed E-state index contributed by atoms with van der Waals surface area (Å²) in [6.07, 6.45) is 6.86. The number of ether oxygens (including phenoxy) is 1. The summed E-state index contributed by atoms with van der Waals surface area (Å²) in [4.78, 5) is 0. The van der Waals surface area contributed by atoms with Gasteiger partial charge in [0.2, 0.25) is 0 Å². The van der Waals surface area contributed by atoms with Gasteiger partial charge >= 0.3 is 0 Å². The molecule has 0 aliphatic heterocycles. The highest BCUT2D eigenvalue weighted by atomic mass is 127. The molecule has 0 N–H and O–H groups in total. The van der Waals surface area contributed by atoms with E-state index >= 15 is 0 Å². The van der Waals surface area contributed by atoms with Crippen LogP contribution >= 0.6 is 37.7 Å². The molecule has 0 aromatic heterocycles. The highest BCUT2D eigenvalue weighted by molar-refractivity contribution is 14.1. The van der Waals surface area contributed by atoms with Crippen LogP contribution in [0.4, 0.5) is 0 Å². The Hall–Kier alpha value is 0.607. The van der Waals surface area contributed by atoms with Crippen molar-refractivity contribution in [3.05, 3.63) is 34.3 Å². The van der Waals surface area contributed by atoms with Gasteiger partial charge in [0.1, 0.15) is 0 Å². The molecule has 1 fully saturated rings. The molecular formula is C15H22BrIOSi. The smallest absolute Gasteiger partial charge is 0.0938 e. The third-order valence-corrected chi connectivity index (χ3v) is 7.48. The summed E-state index contributed by atoms with van der Waals surface area (Å²) in [5, 5.41) is 0. The fourth-order valence-electron chi connectivity index (χ4n) is 2.74. The molecule has 2 rings (SSSR count). The van der Waals surface area contributed by atoms with Crippen LogP contribution in [0, 0.1) is 0 Å². The topological polar surface area (TPSA) is 9.23 Å². The van der Waals surface area contributed by atoms with E-state index in [0.29, 0.717) is 6.10 Å². The predicted octanol–water partition coefficient (Wildman–Crippen LogP) is 4.82. The molecular weight excluding hydrogens is 431 g/mol. The van der Waals surface area contributed by atoms with E-state index in [2.05, 4.69) is 62.0 Å². The van der Waals surface area contributed by atoms with Gasteiger partial charge in [0, 0.05) is 11.1 Å². The van der Waals surface area contributed by atoms with Gasteiger partial charge in [-0.05, 0) is 55.7 Å². The number of benzene rings is 1. The first-order valence-corrected chi connectivity index (χ1v) is 14.1. The lowest BCUT2D eigenvalue weighted by Gasteiger charge is -2.29. The Bertz CT molecular complexity index is 363. The first-order valence-electron chi connectivity index (χ1n) is 7.22. The maximum Gasteiger partial charge on any atom is 0.0938 e. The van der Waals surface area contributed by atoms with Crippen LogP contribution in [0.15, 0.2) is 28.7 Å². The van der Waals surface area contributed by atoms with Crippen molar-refractivity contribution in [1.82, 2.24) is 0 Å². The molecule has 0 unspecified atom stereocenters. The summed E-state index contributed by atoms with van der Waals surface area (Å²) in [7, 11) is 0.205. The second-order valence-electron chi connectivity index (χ2n) is 5.29. The molecule has 0 bridgehead atoms. The number of hydrogen-bond acceptors (Lipinski definition) is 1. The predicted molar refractivity (Wildman–Crippen MR) is 97.1 cm³/mol. The lowest BCUT2D eigenvalue weighted by molar-refractivity contribution is 0.0252. The number of halogens is 2. The third-order valence-electron chi connectivity index (χ3n) is 3.90. The Labute approximate surface area is 140 Å². The molecule has 0 atom stereocenters. The lowest BCUT2D eigenvalue weighted by atomic mass is 9.83. The molecule has 0 saturated heterocycles. The lowest BCUT2D eigenvalue weighted by Crippen LogP contribution is -2.21. The quantitative estimate of drug-likeness (QED) is 0.260. The Balaban J connectivity index is 1.71. The molecule has 0 amide bonds. The maximum atomic E-state index is 6.00. The van der Waals surface area contributed by atoms with Gasteiger partial charge in [-0.15, -0.1) is 21.8 Å². The Morgan fingerprint density at radius 2 is 1.84 bits per heavy atom. The van der Waals surface area contributed by atoms with Gasteiger partial charge in [-0.1, -0.05) is 34.1 Å². The van der Waals surface area contributed by atoms with Crippen LogP contribution in [-0.4, -0.2) is 19.7 Å². The second kappa shape index (κ2) is 8.80. The molecule has 1 aliphatic carbocycles. The van der Waals surface area contributed by atoms with Crippen LogP contribution in [0.5, 0.6) is 0 Å². The van der Waals surface area contributed by atoms with Gasteiger partial charge in [-0.3, -0.25) is 0 Å². The minimum atomic E-state index is 0.205. The molecule has 0 heterocycles. The molecule has 1 saturated carbocycles. The first kappa shape index (κ1) is 16.0. The molecule has 1 aliphatic rings. The van der Waals surface area contributed by atoms with Gasteiger partial charge in [0.15, 0.2) is 0 Å². The summed E-state index contributed by atoms with van der Waals surface area (Å²) in [6.45, 7) is 0.990. The number of rotatable bonds is 6. The van der Waals surface area contributed by atoms with Gasteiger partial charge < -0.3 is 4.74 Å². The average molecular weight is 453 g/mol. The molecule has 19 heavy (non-hydrogen) atoms. The standard InChI is InChI=1S/C15H22BrIOSi/c16-14-6-2-12(3-7-14)13-4-8-15(9-5-13)18-10-1-11-19-17/h2-3,6-7,13,15H,1,4-5,8-11,19H2. The third kappa shape index (κ3) is 5.48. The van der Waals surface area contributed by atoms with Crippen molar-refractivity contribution in [3.63, 3.8) is 0 Å². The van der Waals surface area contributed by atoms with E-state index in [-0.39, 0.29) is 7.02 Å². The van der Waals surface area contributed by atoms with Gasteiger partial charge in [0.25, 0.3) is 0 Å². The molecule has 106 valence electrons. The SMILES string of the molecule is Brc1ccc(C2CCC(OCCC[SiH2]I)CC2)cc1. The highest BCUT2D eigenvalue weighted by Gasteiger charge is 2.22. The Kier molecular flexibility index (Phi) is 7.40. The zero-order chi connectivity index (χ0) is 13.5. The normalized spacial score (nSPS) is 24.1. The van der Waals surface area contributed by atoms with Crippen LogP contribution < -0.4 is 0 Å². The maximum absolute atomic E-state index is 6.00. The molecule has 4 heteroatoms. The van der Waals surface area contributed by atoms with Crippen molar-refractivity contribution in [2.24, 2.45) is 0 Å². The summed E-state index contributed by atoms with van der Waals surface area (Å²) < 4.78 is 7.17. The van der Waals surface area contributed by atoms with E-state index in [1.807, 2.05) is 0 Å². The van der Waals surface area contributed by atoms with E-state index in [0.717, 1.165) is 12.5 Å². The van der Waals surface area contributed by atoms with Gasteiger partial charge in [-0.2, -0.15) is 0 Å². The highest BCUT2D eigenvalue weighted by Crippen LogP contribution is 2.34. The average Bonchev–Trinajstić information content (AvgIpc) is 2.45. The first-order chi connectivity index (χ1) is 9.29. The van der Waals surface area contributed by atoms with Crippen molar-refractivity contribution >= 4 is 44.7 Å². The van der Waals surface area contributed by atoms with E-state index in [4.69, 9.17) is 4.74 Å². The van der Waals surface area contributed by atoms with Crippen LogP contribution in [0.3, 0.4) is 0 Å². The van der Waals surface area contributed by atoms with Crippen molar-refractivity contribution in [2.75, 3.05) is 6.61 Å². The van der Waals surface area contributed by atoms with E-state index in [1.165, 1.54) is 48.2 Å². The summed E-state index contributed by atoms with van der Waals surface area (Å²) in [5.74, 6) is 0.745. The fraction of sp³-hybridized carbons (Fsp3) is 0.600. The zero-order valence-electron chi connectivity index (χ0n) is 11.3. The monoisotopic (exact) mass is 452 g/mol. The Morgan fingerprint density at radius 3 is 2.47 bits per heavy atom. The van der Waals surface area contributed by atoms with Crippen molar-refractivity contribution < 1.29 is 4.74 Å². The van der Waals surface area contributed by atoms with Crippen LogP contribution in [0.25, 0.3) is 0 Å². The summed E-state index contributed by atoms with van der Waals surface area (Å²) >= 11 is 6.08. The molecule has 1 nitrogen and oxygen atoms in total. The van der Waals surface area contributed by atoms with Crippen LogP contribution in [0.2, 0.25) is 6.04 Å². The second-order valence-corrected chi connectivity index (χ2v) is 10.5. The van der Waals surface area contributed by atoms with Crippen molar-refractivity contribution in [1.29, 1.82) is 0 Å². The van der Waals surface area contributed by atoms with Gasteiger partial charge in [-0.25, -0.2) is 0 Å². The fourth-order valence-corrected chi connectivity index (χ4v) is 5.02. The minimum Gasteiger partial charge on any atom is -0.378 e. The van der Waals surface area contributed by atoms with E-state index < -0.39 is 0 Å². The minimum absolute atomic E-state index is 0.205. The summed E-state index contributed by atoms with van der Waals surface area (Å²) in [5.41, 5.74) is 1.50. The zero-order valence-corrected chi connectivity index (χ0v) is 16.4. The largest absolute Gasteiger partial charge is 0.378 e. The molecule has 1 aromatic rings. The van der Waals surface area contributed by atoms with Crippen LogP contribution in [-0.2, 0) is 4.74 Å². The van der Waals surface area contributed by atoms with Crippen molar-refractivity contribution in [2.45, 2.75) is 50.2 Å². The molecule has 1 aromatic carbocycles. The summed E-state index contributed by atoms with van der Waals surface area (Å²) in [6, 6.07) is 10.3. The van der Waals surface area contributed by atoms with E-state index in [9.17, 15) is 0 Å². The van der Waals surface area contributed by atoms with Gasteiger partial charge in [0.05, 0.1) is 13.1 Å². The van der Waals surface area contributed by atoms with E-state index in [1.54, 1.807) is 0 Å². The molecule has 0 spiro atoms. The Morgan fingerprint density at radius 1 is 1.16 bits per heavy atom. The molecule has 0 radical (unpaired) electrons. The number of hydrogen-bond donors (Lipinski definition) is 0. The van der Waals surface area contributed by atoms with Crippen molar-refractivity contribution in [3.8, 4) is 0 Å².